The first-order chi connectivity index (χ1) is 5.09. The van der Waals surface area contributed by atoms with Gasteiger partial charge in [0.15, 0.2) is 0 Å². The Bertz CT molecular complexity index is 279. The van der Waals surface area contributed by atoms with Crippen LogP contribution in [-0.2, 0) is 0 Å². The molecule has 0 radical (unpaired) electrons. The maximum absolute atomic E-state index is 5.48. The molecule has 1 fully saturated rings. The second kappa shape index (κ2) is 1.94. The minimum atomic E-state index is 0.436. The van der Waals surface area contributed by atoms with Crippen molar-refractivity contribution in [3.8, 4) is 0 Å². The first-order valence-electron chi connectivity index (χ1n) is 3.68. The lowest BCUT2D eigenvalue weighted by atomic mass is 10.1. The largest absolute Gasteiger partial charge is 0.374 e. The van der Waals surface area contributed by atoms with Crippen molar-refractivity contribution in [2.75, 3.05) is 5.73 Å². The summed E-state index contributed by atoms with van der Waals surface area (Å²) in [5, 5.41) is 9.50. The third kappa shape index (κ3) is 1.11. The Balaban J connectivity index is 2.20. The number of rotatable bonds is 1. The van der Waals surface area contributed by atoms with Crippen LogP contribution in [0, 0.1) is 5.41 Å². The Hall–Kier alpha value is -0.640. The lowest BCUT2D eigenvalue weighted by Crippen LogP contribution is -1.88. The van der Waals surface area contributed by atoms with E-state index in [0.29, 0.717) is 16.5 Å². The number of nitrogens with two attached hydrogens (primary N) is 1. The van der Waals surface area contributed by atoms with Gasteiger partial charge in [0, 0.05) is 5.92 Å². The second-order valence-corrected chi connectivity index (χ2v) is 4.76. The van der Waals surface area contributed by atoms with Crippen molar-refractivity contribution in [1.29, 1.82) is 0 Å². The van der Waals surface area contributed by atoms with Gasteiger partial charge in [-0.25, -0.2) is 0 Å². The molecule has 1 unspecified atom stereocenters. The Morgan fingerprint density at radius 3 is 2.55 bits per heavy atom. The van der Waals surface area contributed by atoms with Gasteiger partial charge in [0.2, 0.25) is 5.13 Å². The molecule has 1 aromatic rings. The fourth-order valence-corrected chi connectivity index (χ4v) is 2.20. The van der Waals surface area contributed by atoms with E-state index in [4.69, 9.17) is 5.73 Å². The van der Waals surface area contributed by atoms with Crippen molar-refractivity contribution in [3.05, 3.63) is 5.01 Å². The topological polar surface area (TPSA) is 51.8 Å². The molecular weight excluding hydrogens is 158 g/mol. The van der Waals surface area contributed by atoms with Crippen LogP contribution in [0.3, 0.4) is 0 Å². The van der Waals surface area contributed by atoms with Crippen molar-refractivity contribution < 1.29 is 0 Å². The van der Waals surface area contributed by atoms with Crippen LogP contribution in [-0.4, -0.2) is 10.2 Å². The summed E-state index contributed by atoms with van der Waals surface area (Å²) in [4.78, 5) is 0. The molecule has 1 aromatic heterocycles. The smallest absolute Gasteiger partial charge is 0.203 e. The molecule has 11 heavy (non-hydrogen) atoms. The molecule has 0 aliphatic heterocycles. The zero-order valence-corrected chi connectivity index (χ0v) is 7.48. The van der Waals surface area contributed by atoms with E-state index >= 15 is 0 Å². The molecule has 0 amide bonds. The SMILES string of the molecule is CC1(C)CC1c1nnc(N)s1. The first-order valence-corrected chi connectivity index (χ1v) is 4.50. The quantitative estimate of drug-likeness (QED) is 0.695. The van der Waals surface area contributed by atoms with Crippen molar-refractivity contribution >= 4 is 16.5 Å². The highest BCUT2D eigenvalue weighted by molar-refractivity contribution is 7.15. The Morgan fingerprint density at radius 1 is 1.55 bits per heavy atom. The predicted molar refractivity (Wildman–Crippen MR) is 45.5 cm³/mol. The van der Waals surface area contributed by atoms with Gasteiger partial charge in [-0.2, -0.15) is 0 Å². The highest BCUT2D eigenvalue weighted by Gasteiger charge is 2.48. The minimum absolute atomic E-state index is 0.436. The van der Waals surface area contributed by atoms with Gasteiger partial charge in [0.25, 0.3) is 0 Å². The zero-order valence-electron chi connectivity index (χ0n) is 6.66. The van der Waals surface area contributed by atoms with E-state index in [-0.39, 0.29) is 0 Å². The summed E-state index contributed by atoms with van der Waals surface area (Å²) in [6.45, 7) is 4.49. The van der Waals surface area contributed by atoms with E-state index in [9.17, 15) is 0 Å². The maximum atomic E-state index is 5.48. The van der Waals surface area contributed by atoms with Crippen molar-refractivity contribution in [2.45, 2.75) is 26.2 Å². The highest BCUT2D eigenvalue weighted by Crippen LogP contribution is 2.59. The molecule has 4 heteroatoms. The Morgan fingerprint density at radius 2 is 2.18 bits per heavy atom. The monoisotopic (exact) mass is 169 g/mol. The molecule has 0 bridgehead atoms. The number of anilines is 1. The average Bonchev–Trinajstić information content (AvgIpc) is 2.39. The van der Waals surface area contributed by atoms with Gasteiger partial charge in [0.1, 0.15) is 5.01 Å². The summed E-state index contributed by atoms with van der Waals surface area (Å²) in [5.41, 5.74) is 5.91. The van der Waals surface area contributed by atoms with Gasteiger partial charge in [-0.05, 0) is 11.8 Å². The molecule has 1 aliphatic carbocycles. The first kappa shape index (κ1) is 7.03. The number of hydrogen-bond acceptors (Lipinski definition) is 4. The minimum Gasteiger partial charge on any atom is -0.374 e. The molecule has 1 aliphatic rings. The summed E-state index contributed by atoms with van der Waals surface area (Å²) >= 11 is 1.52. The number of nitrogens with zero attached hydrogens (tertiary/aromatic N) is 2. The molecule has 3 nitrogen and oxygen atoms in total. The molecular formula is C7H11N3S. The molecule has 60 valence electrons. The summed E-state index contributed by atoms with van der Waals surface area (Å²) in [5.74, 6) is 0.609. The normalized spacial score (nSPS) is 26.9. The highest BCUT2D eigenvalue weighted by atomic mass is 32.1. The maximum Gasteiger partial charge on any atom is 0.203 e. The summed E-state index contributed by atoms with van der Waals surface area (Å²) in [7, 11) is 0. The number of nitrogen functional groups attached to an aromatic ring is 1. The van der Waals surface area contributed by atoms with E-state index in [0.717, 1.165) is 5.01 Å². The van der Waals surface area contributed by atoms with Gasteiger partial charge in [-0.1, -0.05) is 25.2 Å². The van der Waals surface area contributed by atoms with Gasteiger partial charge >= 0.3 is 0 Å². The molecule has 0 aromatic carbocycles. The summed E-state index contributed by atoms with van der Waals surface area (Å²) in [6, 6.07) is 0. The van der Waals surface area contributed by atoms with E-state index in [1.54, 1.807) is 0 Å². The Labute approximate surface area is 69.6 Å². The predicted octanol–water partition coefficient (Wildman–Crippen LogP) is 1.63. The van der Waals surface area contributed by atoms with Gasteiger partial charge < -0.3 is 5.73 Å². The van der Waals surface area contributed by atoms with Crippen LogP contribution in [0.5, 0.6) is 0 Å². The molecule has 1 saturated carbocycles. The fraction of sp³-hybridized carbons (Fsp3) is 0.714. The van der Waals surface area contributed by atoms with Gasteiger partial charge in [0.05, 0.1) is 0 Å². The standard InChI is InChI=1S/C7H11N3S/c1-7(2)3-4(7)5-9-10-6(8)11-5/h4H,3H2,1-2H3,(H2,8,10). The van der Waals surface area contributed by atoms with Crippen LogP contribution < -0.4 is 5.73 Å². The lowest BCUT2D eigenvalue weighted by molar-refractivity contribution is 0.618. The van der Waals surface area contributed by atoms with Crippen LogP contribution in [0.1, 0.15) is 31.2 Å². The van der Waals surface area contributed by atoms with E-state index in [2.05, 4.69) is 24.0 Å². The van der Waals surface area contributed by atoms with Crippen LogP contribution in [0.15, 0.2) is 0 Å². The van der Waals surface area contributed by atoms with Gasteiger partial charge in [-0.3, -0.25) is 0 Å². The molecule has 0 saturated heterocycles. The van der Waals surface area contributed by atoms with Crippen molar-refractivity contribution in [3.63, 3.8) is 0 Å². The van der Waals surface area contributed by atoms with Crippen LogP contribution >= 0.6 is 11.3 Å². The summed E-state index contributed by atoms with van der Waals surface area (Å²) in [6.07, 6.45) is 1.22. The van der Waals surface area contributed by atoms with E-state index in [1.165, 1.54) is 17.8 Å². The average molecular weight is 169 g/mol. The lowest BCUT2D eigenvalue weighted by Gasteiger charge is -1.96. The molecule has 0 spiro atoms. The molecule has 2 N–H and O–H groups in total. The zero-order chi connectivity index (χ0) is 8.06. The van der Waals surface area contributed by atoms with Crippen LogP contribution in [0.25, 0.3) is 0 Å². The van der Waals surface area contributed by atoms with Gasteiger partial charge in [-0.15, -0.1) is 10.2 Å². The van der Waals surface area contributed by atoms with Crippen LogP contribution in [0.2, 0.25) is 0 Å². The van der Waals surface area contributed by atoms with E-state index in [1.807, 2.05) is 0 Å². The second-order valence-electron chi connectivity index (χ2n) is 3.72. The molecule has 2 rings (SSSR count). The number of aromatic nitrogens is 2. The van der Waals surface area contributed by atoms with Crippen molar-refractivity contribution in [1.82, 2.24) is 10.2 Å². The molecule has 1 atom stereocenters. The number of hydrogen-bond donors (Lipinski definition) is 1. The fourth-order valence-electron chi connectivity index (χ4n) is 1.28. The van der Waals surface area contributed by atoms with Crippen molar-refractivity contribution in [2.24, 2.45) is 5.41 Å². The Kier molecular flexibility index (Phi) is 1.24. The van der Waals surface area contributed by atoms with E-state index < -0.39 is 0 Å². The third-order valence-corrected chi connectivity index (χ3v) is 3.13. The third-order valence-electron chi connectivity index (χ3n) is 2.27. The van der Waals surface area contributed by atoms with Crippen LogP contribution in [0.4, 0.5) is 5.13 Å². The summed E-state index contributed by atoms with van der Waals surface area (Å²) < 4.78 is 0. The molecule has 1 heterocycles.